The molecule has 0 aliphatic rings. The molecule has 1 rings (SSSR count). The molecular weight excluding hydrogens is 198 g/mol. The summed E-state index contributed by atoms with van der Waals surface area (Å²) in [5, 5.41) is 2.52. The Morgan fingerprint density at radius 2 is 1.93 bits per heavy atom. The molecule has 0 radical (unpaired) electrons. The molecule has 1 nitrogen and oxygen atoms in total. The van der Waals surface area contributed by atoms with Crippen LogP contribution < -0.4 is 5.32 Å². The topological polar surface area (TPSA) is 12.0 Å². The molecular formula is C9H9F4N. The van der Waals surface area contributed by atoms with E-state index in [9.17, 15) is 17.6 Å². The summed E-state index contributed by atoms with van der Waals surface area (Å²) in [5.41, 5.74) is -1.07. The van der Waals surface area contributed by atoms with E-state index in [0.29, 0.717) is 12.6 Å². The SMILES string of the molecule is CCNc1ccc(F)cc1C(F)(F)F. The number of halogens is 4. The predicted octanol–water partition coefficient (Wildman–Crippen LogP) is 3.28. The van der Waals surface area contributed by atoms with Crippen molar-refractivity contribution >= 4 is 5.69 Å². The molecule has 0 bridgehead atoms. The smallest absolute Gasteiger partial charge is 0.385 e. The minimum atomic E-state index is -4.53. The largest absolute Gasteiger partial charge is 0.418 e. The van der Waals surface area contributed by atoms with Gasteiger partial charge in [0.25, 0.3) is 0 Å². The molecule has 0 saturated heterocycles. The zero-order valence-corrected chi connectivity index (χ0v) is 7.45. The summed E-state index contributed by atoms with van der Waals surface area (Å²) < 4.78 is 49.6. The number of hydrogen-bond donors (Lipinski definition) is 1. The van der Waals surface area contributed by atoms with Gasteiger partial charge in [-0.15, -0.1) is 0 Å². The molecule has 0 spiro atoms. The molecule has 0 aliphatic heterocycles. The molecule has 0 aliphatic carbocycles. The Morgan fingerprint density at radius 1 is 1.29 bits per heavy atom. The number of nitrogens with one attached hydrogen (secondary N) is 1. The summed E-state index contributed by atoms with van der Waals surface area (Å²) >= 11 is 0. The molecule has 14 heavy (non-hydrogen) atoms. The van der Waals surface area contributed by atoms with Gasteiger partial charge in [0.05, 0.1) is 5.56 Å². The highest BCUT2D eigenvalue weighted by atomic mass is 19.4. The molecule has 0 fully saturated rings. The van der Waals surface area contributed by atoms with Gasteiger partial charge >= 0.3 is 6.18 Å². The molecule has 0 saturated carbocycles. The quantitative estimate of drug-likeness (QED) is 0.734. The highest BCUT2D eigenvalue weighted by Crippen LogP contribution is 2.35. The highest BCUT2D eigenvalue weighted by molar-refractivity contribution is 5.52. The summed E-state index contributed by atoms with van der Waals surface area (Å²) in [6, 6.07) is 2.56. The second-order valence-corrected chi connectivity index (χ2v) is 2.72. The Morgan fingerprint density at radius 3 is 2.43 bits per heavy atom. The Bertz CT molecular complexity index is 319. The first-order chi connectivity index (χ1) is 6.45. The Labute approximate surface area is 78.7 Å². The summed E-state index contributed by atoms with van der Waals surface area (Å²) in [7, 11) is 0. The van der Waals surface area contributed by atoms with Crippen molar-refractivity contribution in [3.05, 3.63) is 29.6 Å². The lowest BCUT2D eigenvalue weighted by Gasteiger charge is -2.13. The monoisotopic (exact) mass is 207 g/mol. The van der Waals surface area contributed by atoms with Crippen molar-refractivity contribution in [2.24, 2.45) is 0 Å². The van der Waals surface area contributed by atoms with Crippen molar-refractivity contribution in [1.29, 1.82) is 0 Å². The van der Waals surface area contributed by atoms with Gasteiger partial charge in [-0.3, -0.25) is 0 Å². The highest BCUT2D eigenvalue weighted by Gasteiger charge is 2.33. The second-order valence-electron chi connectivity index (χ2n) is 2.72. The van der Waals surface area contributed by atoms with Crippen LogP contribution in [-0.2, 0) is 6.18 Å². The van der Waals surface area contributed by atoms with Gasteiger partial charge in [-0.1, -0.05) is 0 Å². The zero-order chi connectivity index (χ0) is 10.8. The summed E-state index contributed by atoms with van der Waals surface area (Å²) in [5.74, 6) is -0.890. The van der Waals surface area contributed by atoms with E-state index >= 15 is 0 Å². The maximum Gasteiger partial charge on any atom is 0.418 e. The molecule has 0 atom stereocenters. The fraction of sp³-hybridized carbons (Fsp3) is 0.333. The van der Waals surface area contributed by atoms with Gasteiger partial charge in [-0.2, -0.15) is 13.2 Å². The van der Waals surface area contributed by atoms with Crippen molar-refractivity contribution in [3.8, 4) is 0 Å². The van der Waals surface area contributed by atoms with E-state index in [-0.39, 0.29) is 5.69 Å². The van der Waals surface area contributed by atoms with Gasteiger partial charge in [-0.05, 0) is 25.1 Å². The van der Waals surface area contributed by atoms with Crippen molar-refractivity contribution in [2.45, 2.75) is 13.1 Å². The van der Waals surface area contributed by atoms with Gasteiger partial charge in [0.15, 0.2) is 0 Å². The van der Waals surface area contributed by atoms with E-state index in [1.807, 2.05) is 0 Å². The van der Waals surface area contributed by atoms with E-state index in [2.05, 4.69) is 5.32 Å². The van der Waals surface area contributed by atoms with Gasteiger partial charge in [0, 0.05) is 12.2 Å². The van der Waals surface area contributed by atoms with Crippen LogP contribution >= 0.6 is 0 Å². The third-order valence-electron chi connectivity index (χ3n) is 1.65. The number of alkyl halides is 3. The van der Waals surface area contributed by atoms with Crippen molar-refractivity contribution in [3.63, 3.8) is 0 Å². The van der Waals surface area contributed by atoms with Gasteiger partial charge in [-0.25, -0.2) is 4.39 Å². The van der Waals surface area contributed by atoms with Crippen LogP contribution in [0.3, 0.4) is 0 Å². The van der Waals surface area contributed by atoms with E-state index in [1.54, 1.807) is 6.92 Å². The average molecular weight is 207 g/mol. The van der Waals surface area contributed by atoms with Crippen LogP contribution in [0.1, 0.15) is 12.5 Å². The van der Waals surface area contributed by atoms with Crippen molar-refractivity contribution in [1.82, 2.24) is 0 Å². The van der Waals surface area contributed by atoms with E-state index in [0.717, 1.165) is 12.1 Å². The summed E-state index contributed by atoms with van der Waals surface area (Å²) in [4.78, 5) is 0. The minimum absolute atomic E-state index is 0.0959. The van der Waals surface area contributed by atoms with Crippen LogP contribution in [0.2, 0.25) is 0 Å². The van der Waals surface area contributed by atoms with Gasteiger partial charge < -0.3 is 5.32 Å². The Hall–Kier alpha value is -1.26. The first kappa shape index (κ1) is 10.8. The fourth-order valence-corrected chi connectivity index (χ4v) is 1.10. The number of hydrogen-bond acceptors (Lipinski definition) is 1. The number of rotatable bonds is 2. The van der Waals surface area contributed by atoms with E-state index < -0.39 is 17.6 Å². The van der Waals surface area contributed by atoms with Crippen LogP contribution in [0.4, 0.5) is 23.2 Å². The van der Waals surface area contributed by atoms with Crippen LogP contribution in [0.25, 0.3) is 0 Å². The lowest BCUT2D eigenvalue weighted by Crippen LogP contribution is -2.11. The zero-order valence-electron chi connectivity index (χ0n) is 7.45. The third kappa shape index (κ3) is 2.37. The lowest BCUT2D eigenvalue weighted by atomic mass is 10.1. The number of benzene rings is 1. The molecule has 1 aromatic rings. The maximum atomic E-state index is 12.6. The molecule has 78 valence electrons. The third-order valence-corrected chi connectivity index (χ3v) is 1.65. The maximum absolute atomic E-state index is 12.6. The van der Waals surface area contributed by atoms with Crippen LogP contribution in [0.5, 0.6) is 0 Å². The standard InChI is InChI=1S/C9H9F4N/c1-2-14-8-4-3-6(10)5-7(8)9(11,12)13/h3-5,14H,2H2,1H3. The first-order valence-corrected chi connectivity index (χ1v) is 4.05. The van der Waals surface area contributed by atoms with Crippen LogP contribution in [0.15, 0.2) is 18.2 Å². The molecule has 0 aromatic heterocycles. The van der Waals surface area contributed by atoms with Crippen molar-refractivity contribution < 1.29 is 17.6 Å². The predicted molar refractivity (Wildman–Crippen MR) is 45.6 cm³/mol. The summed E-state index contributed by atoms with van der Waals surface area (Å²) in [6.07, 6.45) is -4.53. The first-order valence-electron chi connectivity index (χ1n) is 4.05. The Kier molecular flexibility index (Phi) is 2.98. The second kappa shape index (κ2) is 3.86. The summed E-state index contributed by atoms with van der Waals surface area (Å²) in [6.45, 7) is 2.03. The average Bonchev–Trinajstić information content (AvgIpc) is 2.07. The molecule has 1 N–H and O–H groups in total. The molecule has 0 heterocycles. The lowest BCUT2D eigenvalue weighted by molar-refractivity contribution is -0.137. The fourth-order valence-electron chi connectivity index (χ4n) is 1.10. The molecule has 5 heteroatoms. The van der Waals surface area contributed by atoms with Gasteiger partial charge in [0.2, 0.25) is 0 Å². The minimum Gasteiger partial charge on any atom is -0.385 e. The molecule has 0 unspecified atom stereocenters. The Balaban J connectivity index is 3.16. The molecule has 0 amide bonds. The van der Waals surface area contributed by atoms with Crippen molar-refractivity contribution in [2.75, 3.05) is 11.9 Å². The van der Waals surface area contributed by atoms with Crippen LogP contribution in [-0.4, -0.2) is 6.54 Å². The van der Waals surface area contributed by atoms with E-state index in [4.69, 9.17) is 0 Å². The van der Waals surface area contributed by atoms with E-state index in [1.165, 1.54) is 0 Å². The number of anilines is 1. The van der Waals surface area contributed by atoms with Crippen LogP contribution in [0, 0.1) is 5.82 Å². The molecule has 1 aromatic carbocycles. The van der Waals surface area contributed by atoms with Gasteiger partial charge in [0.1, 0.15) is 5.82 Å². The normalized spacial score (nSPS) is 11.5.